The predicted molar refractivity (Wildman–Crippen MR) is 81.0 cm³/mol. The first kappa shape index (κ1) is 13.1. The topological polar surface area (TPSA) is 46.2 Å². The van der Waals surface area contributed by atoms with Crippen LogP contribution in [-0.4, -0.2) is 11.7 Å². The Morgan fingerprint density at radius 1 is 1.10 bits per heavy atom. The number of amides is 1. The van der Waals surface area contributed by atoms with Crippen molar-refractivity contribution in [1.29, 1.82) is 0 Å². The molecule has 1 aliphatic rings. The fourth-order valence-electron chi connectivity index (χ4n) is 2.33. The van der Waals surface area contributed by atoms with Gasteiger partial charge in [-0.2, -0.15) is 0 Å². The van der Waals surface area contributed by atoms with Crippen molar-refractivity contribution in [2.75, 3.05) is 5.32 Å². The maximum atomic E-state index is 12.5. The van der Waals surface area contributed by atoms with Crippen LogP contribution in [0.2, 0.25) is 0 Å². The molecule has 1 heterocycles. The lowest BCUT2D eigenvalue weighted by atomic mass is 9.96. The zero-order valence-corrected chi connectivity index (χ0v) is 12.2. The summed E-state index contributed by atoms with van der Waals surface area (Å²) in [4.78, 5) is 23.8. The summed E-state index contributed by atoms with van der Waals surface area (Å²) in [5, 5.41) is 2.82. The molecule has 0 radical (unpaired) electrons. The number of rotatable bonds is 2. The van der Waals surface area contributed by atoms with Gasteiger partial charge in [-0.05, 0) is 42.3 Å². The van der Waals surface area contributed by atoms with E-state index in [-0.39, 0.29) is 11.7 Å². The number of hydrogen-bond acceptors (Lipinski definition) is 2. The first-order chi connectivity index (χ1) is 9.65. The molecule has 0 fully saturated rings. The number of carbonyl (C=O) groups excluding carboxylic acids is 2. The van der Waals surface area contributed by atoms with E-state index in [2.05, 4.69) is 21.2 Å². The Morgan fingerprint density at radius 2 is 1.90 bits per heavy atom. The Balaban J connectivity index is 1.98. The van der Waals surface area contributed by atoms with Gasteiger partial charge in [-0.1, -0.05) is 28.1 Å². The van der Waals surface area contributed by atoms with Gasteiger partial charge in [0.05, 0.1) is 0 Å². The second-order valence-electron chi connectivity index (χ2n) is 4.73. The van der Waals surface area contributed by atoms with E-state index in [4.69, 9.17) is 0 Å². The average molecular weight is 330 g/mol. The Bertz CT molecular complexity index is 709. The monoisotopic (exact) mass is 329 g/mol. The van der Waals surface area contributed by atoms with Crippen LogP contribution in [0.25, 0.3) is 0 Å². The minimum absolute atomic E-state index is 0.0165. The Labute approximate surface area is 125 Å². The first-order valence-corrected chi connectivity index (χ1v) is 7.16. The number of carbonyl (C=O) groups is 2. The van der Waals surface area contributed by atoms with Crippen molar-refractivity contribution in [3.8, 4) is 0 Å². The van der Waals surface area contributed by atoms with E-state index in [1.807, 2.05) is 24.3 Å². The van der Waals surface area contributed by atoms with Gasteiger partial charge in [0.1, 0.15) is 0 Å². The van der Waals surface area contributed by atoms with Gasteiger partial charge in [0.2, 0.25) is 5.91 Å². The highest BCUT2D eigenvalue weighted by Crippen LogP contribution is 2.26. The molecule has 0 aliphatic carbocycles. The van der Waals surface area contributed by atoms with E-state index in [0.29, 0.717) is 24.0 Å². The molecule has 0 spiro atoms. The molecule has 100 valence electrons. The maximum absolute atomic E-state index is 12.5. The van der Waals surface area contributed by atoms with E-state index in [9.17, 15) is 9.59 Å². The number of hydrogen-bond donors (Lipinski definition) is 1. The number of halogens is 1. The zero-order valence-electron chi connectivity index (χ0n) is 10.7. The fraction of sp³-hybridized carbons (Fsp3) is 0.125. The molecular formula is C16H12BrNO2. The van der Waals surface area contributed by atoms with Crippen LogP contribution in [0.5, 0.6) is 0 Å². The van der Waals surface area contributed by atoms with Crippen molar-refractivity contribution < 1.29 is 9.59 Å². The van der Waals surface area contributed by atoms with E-state index < -0.39 is 0 Å². The average Bonchev–Trinajstić information content (AvgIpc) is 2.46. The Morgan fingerprint density at radius 3 is 2.70 bits per heavy atom. The van der Waals surface area contributed by atoms with Crippen molar-refractivity contribution in [2.45, 2.75) is 12.8 Å². The summed E-state index contributed by atoms with van der Waals surface area (Å²) in [7, 11) is 0. The second kappa shape index (κ2) is 5.21. The van der Waals surface area contributed by atoms with Gasteiger partial charge < -0.3 is 5.32 Å². The molecule has 0 aromatic heterocycles. The van der Waals surface area contributed by atoms with Crippen molar-refractivity contribution in [2.24, 2.45) is 0 Å². The third-order valence-electron chi connectivity index (χ3n) is 3.38. The standard InChI is InChI=1S/C16H12BrNO2/c17-13-4-2-1-3-12(13)16(20)11-5-7-14-10(9-11)6-8-15(19)18-14/h1-5,7,9H,6,8H2,(H,18,19). The summed E-state index contributed by atoms with van der Waals surface area (Å²) >= 11 is 3.40. The van der Waals surface area contributed by atoms with Crippen LogP contribution < -0.4 is 5.32 Å². The molecule has 2 aromatic rings. The smallest absolute Gasteiger partial charge is 0.224 e. The molecule has 1 N–H and O–H groups in total. The lowest BCUT2D eigenvalue weighted by molar-refractivity contribution is -0.116. The molecule has 0 saturated carbocycles. The van der Waals surface area contributed by atoms with Crippen molar-refractivity contribution >= 4 is 33.3 Å². The molecule has 3 nitrogen and oxygen atoms in total. The van der Waals surface area contributed by atoms with Crippen LogP contribution in [-0.2, 0) is 11.2 Å². The maximum Gasteiger partial charge on any atom is 0.224 e. The Kier molecular flexibility index (Phi) is 3.40. The van der Waals surface area contributed by atoms with Crippen LogP contribution >= 0.6 is 15.9 Å². The SMILES string of the molecule is O=C1CCc2cc(C(=O)c3ccccc3Br)ccc2N1. The predicted octanol–water partition coefficient (Wildman–Crippen LogP) is 3.56. The molecule has 0 atom stereocenters. The van der Waals surface area contributed by atoms with E-state index >= 15 is 0 Å². The summed E-state index contributed by atoms with van der Waals surface area (Å²) < 4.78 is 0.788. The van der Waals surface area contributed by atoms with Gasteiger partial charge in [0.25, 0.3) is 0 Å². The van der Waals surface area contributed by atoms with Gasteiger partial charge in [0.15, 0.2) is 5.78 Å². The third-order valence-corrected chi connectivity index (χ3v) is 4.07. The highest BCUT2D eigenvalue weighted by atomic mass is 79.9. The second-order valence-corrected chi connectivity index (χ2v) is 5.58. The summed E-state index contributed by atoms with van der Waals surface area (Å²) in [5.41, 5.74) is 3.12. The summed E-state index contributed by atoms with van der Waals surface area (Å²) in [5.74, 6) is 0.0135. The Hall–Kier alpha value is -1.94. The molecule has 1 amide bonds. The number of anilines is 1. The van der Waals surface area contributed by atoms with Gasteiger partial charge in [-0.25, -0.2) is 0 Å². The quantitative estimate of drug-likeness (QED) is 0.856. The highest BCUT2D eigenvalue weighted by molar-refractivity contribution is 9.10. The molecule has 1 aliphatic heterocycles. The number of nitrogens with one attached hydrogen (secondary N) is 1. The molecular weight excluding hydrogens is 318 g/mol. The van der Waals surface area contributed by atoms with Crippen LogP contribution in [0, 0.1) is 0 Å². The molecule has 0 unspecified atom stereocenters. The largest absolute Gasteiger partial charge is 0.326 e. The van der Waals surface area contributed by atoms with Gasteiger partial charge in [-0.15, -0.1) is 0 Å². The van der Waals surface area contributed by atoms with Crippen molar-refractivity contribution in [3.63, 3.8) is 0 Å². The summed E-state index contributed by atoms with van der Waals surface area (Å²) in [6.07, 6.45) is 1.15. The minimum Gasteiger partial charge on any atom is -0.326 e. The molecule has 0 bridgehead atoms. The third kappa shape index (κ3) is 2.39. The van der Waals surface area contributed by atoms with Crippen LogP contribution in [0.4, 0.5) is 5.69 Å². The van der Waals surface area contributed by atoms with Gasteiger partial charge >= 0.3 is 0 Å². The van der Waals surface area contributed by atoms with E-state index in [1.54, 1.807) is 18.2 Å². The fourth-order valence-corrected chi connectivity index (χ4v) is 2.79. The number of aryl methyl sites for hydroxylation is 1. The van der Waals surface area contributed by atoms with Crippen molar-refractivity contribution in [3.05, 3.63) is 63.6 Å². The van der Waals surface area contributed by atoms with Crippen LogP contribution in [0.3, 0.4) is 0 Å². The molecule has 3 rings (SSSR count). The highest BCUT2D eigenvalue weighted by Gasteiger charge is 2.18. The first-order valence-electron chi connectivity index (χ1n) is 6.37. The summed E-state index contributed by atoms with van der Waals surface area (Å²) in [6.45, 7) is 0. The van der Waals surface area contributed by atoms with E-state index in [0.717, 1.165) is 15.7 Å². The van der Waals surface area contributed by atoms with E-state index in [1.165, 1.54) is 0 Å². The number of benzene rings is 2. The normalized spacial score (nSPS) is 13.6. The molecule has 4 heteroatoms. The molecule has 20 heavy (non-hydrogen) atoms. The van der Waals surface area contributed by atoms with Crippen molar-refractivity contribution in [1.82, 2.24) is 0 Å². The van der Waals surface area contributed by atoms with Crippen LogP contribution in [0.1, 0.15) is 27.9 Å². The molecule has 2 aromatic carbocycles. The lowest BCUT2D eigenvalue weighted by Crippen LogP contribution is -2.19. The van der Waals surface area contributed by atoms with Crippen LogP contribution in [0.15, 0.2) is 46.9 Å². The van der Waals surface area contributed by atoms with Gasteiger partial charge in [-0.3, -0.25) is 9.59 Å². The van der Waals surface area contributed by atoms with Gasteiger partial charge in [0, 0.05) is 27.7 Å². The molecule has 0 saturated heterocycles. The number of ketones is 1. The lowest BCUT2D eigenvalue weighted by Gasteiger charge is -2.17. The number of fused-ring (bicyclic) bond motifs is 1. The summed E-state index contributed by atoms with van der Waals surface area (Å²) in [6, 6.07) is 12.8. The minimum atomic E-state index is -0.0165. The zero-order chi connectivity index (χ0) is 14.1.